The van der Waals surface area contributed by atoms with Gasteiger partial charge in [-0.25, -0.2) is 14.8 Å². The summed E-state index contributed by atoms with van der Waals surface area (Å²) in [7, 11) is 0. The number of benzene rings is 3. The first-order chi connectivity index (χ1) is 14.3. The number of ether oxygens (including phenoxy) is 2. The zero-order valence-corrected chi connectivity index (χ0v) is 16.1. The molecule has 0 bridgehead atoms. The Morgan fingerprint density at radius 2 is 1.47 bits per heavy atom. The lowest BCUT2D eigenvalue weighted by Crippen LogP contribution is -2.22. The van der Waals surface area contributed by atoms with Gasteiger partial charge in [0, 0.05) is 6.07 Å². The smallest absolute Gasteiger partial charge is 0.335 e. The molecule has 2 aliphatic rings. The number of rotatable bonds is 2. The van der Waals surface area contributed by atoms with Gasteiger partial charge in [-0.1, -0.05) is 23.2 Å². The Hall–Kier alpha value is -3.69. The fourth-order valence-corrected chi connectivity index (χ4v) is 3.59. The van der Waals surface area contributed by atoms with Gasteiger partial charge in [0.25, 0.3) is 5.69 Å². The number of carbonyl (C=O) groups is 1. The number of carboxylic acid groups (broad SMARTS) is 1. The SMILES string of the molecule is O=C(O)c1ccc2c(c1)Oc1c(Cl)c3c(c(Cl)c1=N2)Oc1cc([N+](=O)[O-])ccc1N=3. The van der Waals surface area contributed by atoms with Crippen LogP contribution in [0.5, 0.6) is 23.0 Å². The molecule has 0 saturated heterocycles. The summed E-state index contributed by atoms with van der Waals surface area (Å²) in [4.78, 5) is 30.5. The predicted octanol–water partition coefficient (Wildman–Crippen LogP) is 4.71. The molecule has 0 amide bonds. The van der Waals surface area contributed by atoms with Crippen molar-refractivity contribution in [1.82, 2.24) is 0 Å². The van der Waals surface area contributed by atoms with Crippen molar-refractivity contribution >= 4 is 46.2 Å². The van der Waals surface area contributed by atoms with Crippen LogP contribution in [0.3, 0.4) is 0 Å². The topological polar surface area (TPSA) is 124 Å². The lowest BCUT2D eigenvalue weighted by atomic mass is 10.1. The highest BCUT2D eigenvalue weighted by Gasteiger charge is 2.28. The van der Waals surface area contributed by atoms with Crippen LogP contribution >= 0.6 is 23.2 Å². The highest BCUT2D eigenvalue weighted by atomic mass is 35.5. The number of halogens is 2. The Bertz CT molecular complexity index is 1330. The first kappa shape index (κ1) is 18.3. The lowest BCUT2D eigenvalue weighted by molar-refractivity contribution is -0.384. The van der Waals surface area contributed by atoms with Crippen LogP contribution in [0, 0.1) is 10.1 Å². The van der Waals surface area contributed by atoms with Gasteiger partial charge >= 0.3 is 5.97 Å². The third-order valence-corrected chi connectivity index (χ3v) is 5.20. The van der Waals surface area contributed by atoms with Gasteiger partial charge in [-0.05, 0) is 24.3 Å². The predicted molar refractivity (Wildman–Crippen MR) is 105 cm³/mol. The van der Waals surface area contributed by atoms with Crippen LogP contribution in [0.25, 0.3) is 0 Å². The summed E-state index contributed by atoms with van der Waals surface area (Å²) in [6.45, 7) is 0. The molecule has 148 valence electrons. The van der Waals surface area contributed by atoms with Crippen LogP contribution in [0.4, 0.5) is 17.1 Å². The van der Waals surface area contributed by atoms with E-state index in [0.717, 1.165) is 0 Å². The molecule has 0 aliphatic carbocycles. The van der Waals surface area contributed by atoms with Gasteiger partial charge in [-0.3, -0.25) is 10.1 Å². The van der Waals surface area contributed by atoms with E-state index in [4.69, 9.17) is 32.7 Å². The molecule has 3 aromatic carbocycles. The molecule has 2 heterocycles. The molecule has 30 heavy (non-hydrogen) atoms. The maximum absolute atomic E-state index is 11.2. The molecule has 11 heteroatoms. The van der Waals surface area contributed by atoms with Crippen LogP contribution in [-0.4, -0.2) is 16.0 Å². The Morgan fingerprint density at radius 3 is 2.00 bits per heavy atom. The van der Waals surface area contributed by atoms with Crippen molar-refractivity contribution in [3.8, 4) is 23.0 Å². The number of hydrogen-bond donors (Lipinski definition) is 1. The molecule has 0 saturated carbocycles. The van der Waals surface area contributed by atoms with Gasteiger partial charge in [0.1, 0.15) is 32.1 Å². The van der Waals surface area contributed by atoms with Crippen molar-refractivity contribution in [2.45, 2.75) is 0 Å². The number of nitro benzene ring substituents is 1. The molecule has 0 radical (unpaired) electrons. The first-order valence-corrected chi connectivity index (χ1v) is 9.09. The number of hydrogen-bond acceptors (Lipinski definition) is 7. The van der Waals surface area contributed by atoms with E-state index in [1.54, 1.807) is 0 Å². The number of fused-ring (bicyclic) bond motifs is 4. The standard InChI is InChI=1S/C19H7Cl2N3O6/c20-13-16-18(30-12-6-8(24(27)28)2-4-10(12)23-16)14(21)15-17(13)29-11-5-7(19(25)26)1-3-9(11)22-15/h1-6H,(H,25,26). The molecule has 1 N–H and O–H groups in total. The summed E-state index contributed by atoms with van der Waals surface area (Å²) in [5, 5.41) is 20.7. The van der Waals surface area contributed by atoms with Gasteiger partial charge < -0.3 is 14.6 Å². The van der Waals surface area contributed by atoms with Crippen molar-refractivity contribution in [2.75, 3.05) is 0 Å². The molecular weight excluding hydrogens is 437 g/mol. The van der Waals surface area contributed by atoms with Crippen LogP contribution < -0.4 is 20.2 Å². The van der Waals surface area contributed by atoms with Gasteiger partial charge in [0.05, 0.1) is 16.6 Å². The van der Waals surface area contributed by atoms with E-state index in [-0.39, 0.29) is 55.0 Å². The zero-order valence-electron chi connectivity index (χ0n) is 14.6. The van der Waals surface area contributed by atoms with Gasteiger partial charge in [-0.15, -0.1) is 0 Å². The molecule has 0 atom stereocenters. The van der Waals surface area contributed by atoms with Crippen molar-refractivity contribution < 1.29 is 24.3 Å². The molecule has 0 unspecified atom stereocenters. The van der Waals surface area contributed by atoms with Crippen molar-refractivity contribution in [3.63, 3.8) is 0 Å². The summed E-state index contributed by atoms with van der Waals surface area (Å²) < 4.78 is 11.6. The fraction of sp³-hybridized carbons (Fsp3) is 0. The highest BCUT2D eigenvalue weighted by Crippen LogP contribution is 2.43. The Balaban J connectivity index is 1.74. The van der Waals surface area contributed by atoms with Gasteiger partial charge in [-0.2, -0.15) is 0 Å². The lowest BCUT2D eigenvalue weighted by Gasteiger charge is -2.20. The second kappa shape index (κ2) is 6.41. The quantitative estimate of drug-likeness (QED) is 0.311. The first-order valence-electron chi connectivity index (χ1n) is 8.33. The molecule has 0 aromatic heterocycles. The third kappa shape index (κ3) is 2.67. The minimum Gasteiger partial charge on any atom is -0.478 e. The molecular formula is C19H7Cl2N3O6. The normalized spacial score (nSPS) is 12.6. The minimum absolute atomic E-state index is 0.0242. The maximum Gasteiger partial charge on any atom is 0.335 e. The van der Waals surface area contributed by atoms with Gasteiger partial charge in [0.2, 0.25) is 0 Å². The molecule has 3 aromatic rings. The summed E-state index contributed by atoms with van der Waals surface area (Å²) in [5.41, 5.74) is 0.543. The van der Waals surface area contributed by atoms with E-state index >= 15 is 0 Å². The van der Waals surface area contributed by atoms with Crippen molar-refractivity contribution in [1.29, 1.82) is 0 Å². The fourth-order valence-electron chi connectivity index (χ4n) is 3.08. The number of aromatic carboxylic acids is 1. The van der Waals surface area contributed by atoms with E-state index in [9.17, 15) is 20.0 Å². The minimum atomic E-state index is -1.11. The second-order valence-corrected chi connectivity index (χ2v) is 7.06. The molecule has 5 rings (SSSR count). The highest BCUT2D eigenvalue weighted by molar-refractivity contribution is 6.35. The molecule has 2 aliphatic heterocycles. The van der Waals surface area contributed by atoms with E-state index in [2.05, 4.69) is 9.98 Å². The van der Waals surface area contributed by atoms with Crippen molar-refractivity contribution in [2.24, 2.45) is 9.98 Å². The summed E-state index contributed by atoms with van der Waals surface area (Å²) >= 11 is 13.0. The molecule has 0 spiro atoms. The largest absolute Gasteiger partial charge is 0.478 e. The summed E-state index contributed by atoms with van der Waals surface area (Å²) in [6.07, 6.45) is 0. The van der Waals surface area contributed by atoms with Crippen LogP contribution in [-0.2, 0) is 0 Å². The van der Waals surface area contributed by atoms with E-state index in [0.29, 0.717) is 11.4 Å². The second-order valence-electron chi connectivity index (χ2n) is 6.31. The average Bonchev–Trinajstić information content (AvgIpc) is 2.74. The third-order valence-electron chi connectivity index (χ3n) is 4.49. The van der Waals surface area contributed by atoms with Crippen molar-refractivity contribution in [3.05, 3.63) is 72.8 Å². The summed E-state index contributed by atoms with van der Waals surface area (Å²) in [6, 6.07) is 8.15. The average molecular weight is 444 g/mol. The Kier molecular flexibility index (Phi) is 3.92. The molecule has 0 fully saturated rings. The van der Waals surface area contributed by atoms with Crippen LogP contribution in [0.1, 0.15) is 10.4 Å². The Morgan fingerprint density at radius 1 is 0.933 bits per heavy atom. The summed E-state index contributed by atoms with van der Waals surface area (Å²) in [5.74, 6) is -0.568. The Labute approximate surface area is 176 Å². The monoisotopic (exact) mass is 443 g/mol. The number of nitro groups is 1. The maximum atomic E-state index is 11.2. The van der Waals surface area contributed by atoms with E-state index in [1.807, 2.05) is 0 Å². The molecule has 9 nitrogen and oxygen atoms in total. The number of carboxylic acids is 1. The van der Waals surface area contributed by atoms with Crippen LogP contribution in [0.2, 0.25) is 10.0 Å². The van der Waals surface area contributed by atoms with E-state index in [1.165, 1.54) is 36.4 Å². The van der Waals surface area contributed by atoms with E-state index < -0.39 is 10.9 Å². The van der Waals surface area contributed by atoms with Crippen LogP contribution in [0.15, 0.2) is 46.4 Å². The van der Waals surface area contributed by atoms with Gasteiger partial charge in [0.15, 0.2) is 23.0 Å². The number of nitrogens with zero attached hydrogens (tertiary/aromatic N) is 3. The zero-order chi connectivity index (χ0) is 21.2. The number of non-ortho nitro benzene ring substituents is 1.